The maximum absolute atomic E-state index is 13.1. The summed E-state index contributed by atoms with van der Waals surface area (Å²) < 4.78 is 35.2. The van der Waals surface area contributed by atoms with Gasteiger partial charge in [-0.2, -0.15) is 0 Å². The SMILES string of the molecule is CS(=O)(=O)CCNCc1ccc(Br)c(F)c1. The summed E-state index contributed by atoms with van der Waals surface area (Å²) in [5, 5.41) is 2.94. The Morgan fingerprint density at radius 1 is 1.44 bits per heavy atom. The van der Waals surface area contributed by atoms with Gasteiger partial charge in [-0.05, 0) is 33.6 Å². The second-order valence-electron chi connectivity index (χ2n) is 3.56. The fourth-order valence-corrected chi connectivity index (χ4v) is 1.90. The maximum atomic E-state index is 13.1. The summed E-state index contributed by atoms with van der Waals surface area (Å²) in [5.41, 5.74) is 0.786. The van der Waals surface area contributed by atoms with Crippen LogP contribution in [0.5, 0.6) is 0 Å². The van der Waals surface area contributed by atoms with Crippen molar-refractivity contribution in [2.75, 3.05) is 18.6 Å². The Balaban J connectivity index is 2.41. The highest BCUT2D eigenvalue weighted by Gasteiger charge is 2.02. The standard InChI is InChI=1S/C10H13BrFNO2S/c1-16(14,15)5-4-13-7-8-2-3-9(11)10(12)6-8/h2-3,6,13H,4-5,7H2,1H3. The number of hydrogen-bond donors (Lipinski definition) is 1. The molecule has 0 amide bonds. The summed E-state index contributed by atoms with van der Waals surface area (Å²) >= 11 is 3.06. The lowest BCUT2D eigenvalue weighted by molar-refractivity contribution is 0.595. The van der Waals surface area contributed by atoms with Crippen LogP contribution in [0.15, 0.2) is 22.7 Å². The predicted molar refractivity (Wildman–Crippen MR) is 65.5 cm³/mol. The van der Waals surface area contributed by atoms with Crippen molar-refractivity contribution in [1.29, 1.82) is 0 Å². The first-order valence-corrected chi connectivity index (χ1v) is 7.56. The van der Waals surface area contributed by atoms with Crippen molar-refractivity contribution in [3.63, 3.8) is 0 Å². The summed E-state index contributed by atoms with van der Waals surface area (Å²) in [5.74, 6) is -0.228. The van der Waals surface area contributed by atoms with E-state index in [1.54, 1.807) is 12.1 Å². The van der Waals surface area contributed by atoms with Gasteiger partial charge in [-0.15, -0.1) is 0 Å². The smallest absolute Gasteiger partial charge is 0.148 e. The largest absolute Gasteiger partial charge is 0.312 e. The molecule has 0 radical (unpaired) electrons. The van der Waals surface area contributed by atoms with Crippen molar-refractivity contribution in [3.05, 3.63) is 34.1 Å². The molecule has 0 aromatic heterocycles. The van der Waals surface area contributed by atoms with Crippen LogP contribution in [0.1, 0.15) is 5.56 Å². The van der Waals surface area contributed by atoms with Gasteiger partial charge in [0, 0.05) is 19.3 Å². The van der Waals surface area contributed by atoms with Crippen LogP contribution in [0.3, 0.4) is 0 Å². The Morgan fingerprint density at radius 2 is 2.12 bits per heavy atom. The molecular weight excluding hydrogens is 297 g/mol. The van der Waals surface area contributed by atoms with Crippen LogP contribution in [-0.4, -0.2) is 27.0 Å². The molecule has 0 unspecified atom stereocenters. The highest BCUT2D eigenvalue weighted by atomic mass is 79.9. The molecule has 0 atom stereocenters. The van der Waals surface area contributed by atoms with Crippen molar-refractivity contribution in [2.24, 2.45) is 0 Å². The second-order valence-corrected chi connectivity index (χ2v) is 6.67. The topological polar surface area (TPSA) is 46.2 Å². The molecule has 0 fully saturated rings. The van der Waals surface area contributed by atoms with Crippen LogP contribution in [-0.2, 0) is 16.4 Å². The minimum Gasteiger partial charge on any atom is -0.312 e. The quantitative estimate of drug-likeness (QED) is 0.843. The van der Waals surface area contributed by atoms with E-state index in [-0.39, 0.29) is 11.6 Å². The number of rotatable bonds is 5. The molecule has 1 rings (SSSR count). The van der Waals surface area contributed by atoms with Crippen LogP contribution in [0.4, 0.5) is 4.39 Å². The van der Waals surface area contributed by atoms with Crippen molar-refractivity contribution in [3.8, 4) is 0 Å². The highest BCUT2D eigenvalue weighted by molar-refractivity contribution is 9.10. The number of hydrogen-bond acceptors (Lipinski definition) is 3. The summed E-state index contributed by atoms with van der Waals surface area (Å²) in [6, 6.07) is 4.82. The van der Waals surface area contributed by atoms with Gasteiger partial charge in [-0.1, -0.05) is 6.07 Å². The first kappa shape index (κ1) is 13.6. The second kappa shape index (κ2) is 5.75. The average molecular weight is 310 g/mol. The minimum absolute atomic E-state index is 0.0893. The van der Waals surface area contributed by atoms with Crippen molar-refractivity contribution >= 4 is 25.8 Å². The third kappa shape index (κ3) is 5.05. The maximum Gasteiger partial charge on any atom is 0.148 e. The molecule has 0 aliphatic carbocycles. The van der Waals surface area contributed by atoms with E-state index in [4.69, 9.17) is 0 Å². The molecule has 0 spiro atoms. The van der Waals surface area contributed by atoms with Crippen LogP contribution < -0.4 is 5.32 Å². The molecule has 0 aliphatic rings. The Labute approximate surface area is 103 Å². The number of halogens is 2. The van der Waals surface area contributed by atoms with E-state index in [0.29, 0.717) is 17.6 Å². The van der Waals surface area contributed by atoms with Gasteiger partial charge in [-0.3, -0.25) is 0 Å². The molecule has 0 aliphatic heterocycles. The molecule has 0 heterocycles. The zero-order valence-electron chi connectivity index (χ0n) is 8.83. The van der Waals surface area contributed by atoms with E-state index >= 15 is 0 Å². The van der Waals surface area contributed by atoms with Gasteiger partial charge in [0.1, 0.15) is 15.7 Å². The van der Waals surface area contributed by atoms with E-state index in [2.05, 4.69) is 21.2 Å². The van der Waals surface area contributed by atoms with Gasteiger partial charge >= 0.3 is 0 Å². The number of benzene rings is 1. The molecule has 0 bridgehead atoms. The van der Waals surface area contributed by atoms with Gasteiger partial charge in [-0.25, -0.2) is 12.8 Å². The van der Waals surface area contributed by atoms with Crippen LogP contribution in [0.25, 0.3) is 0 Å². The molecule has 16 heavy (non-hydrogen) atoms. The molecule has 1 aromatic rings. The van der Waals surface area contributed by atoms with Crippen LogP contribution in [0.2, 0.25) is 0 Å². The Bertz CT molecular complexity index is 462. The lowest BCUT2D eigenvalue weighted by atomic mass is 10.2. The Kier molecular flexibility index (Phi) is 4.89. The molecular formula is C10H13BrFNO2S. The molecule has 1 aromatic carbocycles. The van der Waals surface area contributed by atoms with Gasteiger partial charge in [0.25, 0.3) is 0 Å². The third-order valence-electron chi connectivity index (χ3n) is 1.96. The molecule has 90 valence electrons. The zero-order chi connectivity index (χ0) is 12.2. The normalized spacial score (nSPS) is 11.7. The summed E-state index contributed by atoms with van der Waals surface area (Å²) in [6.07, 6.45) is 1.19. The monoisotopic (exact) mass is 309 g/mol. The number of nitrogens with one attached hydrogen (secondary N) is 1. The van der Waals surface area contributed by atoms with E-state index in [9.17, 15) is 12.8 Å². The lowest BCUT2D eigenvalue weighted by Gasteiger charge is -2.04. The average Bonchev–Trinajstić information content (AvgIpc) is 2.17. The van der Waals surface area contributed by atoms with Crippen molar-refractivity contribution < 1.29 is 12.8 Å². The lowest BCUT2D eigenvalue weighted by Crippen LogP contribution is -2.21. The first-order valence-electron chi connectivity index (χ1n) is 4.71. The van der Waals surface area contributed by atoms with Gasteiger partial charge < -0.3 is 5.32 Å². The minimum atomic E-state index is -2.94. The van der Waals surface area contributed by atoms with Crippen molar-refractivity contribution in [2.45, 2.75) is 6.54 Å². The zero-order valence-corrected chi connectivity index (χ0v) is 11.2. The summed E-state index contributed by atoms with van der Waals surface area (Å²) in [4.78, 5) is 0. The van der Waals surface area contributed by atoms with Gasteiger partial charge in [0.2, 0.25) is 0 Å². The van der Waals surface area contributed by atoms with E-state index in [0.717, 1.165) is 5.56 Å². The first-order chi connectivity index (χ1) is 7.38. The predicted octanol–water partition coefficient (Wildman–Crippen LogP) is 1.72. The fraction of sp³-hybridized carbons (Fsp3) is 0.400. The van der Waals surface area contributed by atoms with Crippen molar-refractivity contribution in [1.82, 2.24) is 5.32 Å². The molecule has 0 saturated heterocycles. The molecule has 6 heteroatoms. The molecule has 0 saturated carbocycles. The molecule has 1 N–H and O–H groups in total. The van der Waals surface area contributed by atoms with Crippen LogP contribution >= 0.6 is 15.9 Å². The molecule has 3 nitrogen and oxygen atoms in total. The van der Waals surface area contributed by atoms with Gasteiger partial charge in [0.05, 0.1) is 10.2 Å². The van der Waals surface area contributed by atoms with Crippen LogP contribution in [0, 0.1) is 5.82 Å². The summed E-state index contributed by atoms with van der Waals surface area (Å²) in [6.45, 7) is 0.830. The fourth-order valence-electron chi connectivity index (χ4n) is 1.14. The summed E-state index contributed by atoms with van der Waals surface area (Å²) in [7, 11) is -2.94. The Morgan fingerprint density at radius 3 is 2.69 bits per heavy atom. The Hall–Kier alpha value is -0.460. The highest BCUT2D eigenvalue weighted by Crippen LogP contribution is 2.16. The third-order valence-corrected chi connectivity index (χ3v) is 3.55. The number of sulfone groups is 1. The van der Waals surface area contributed by atoms with E-state index in [1.807, 2.05) is 0 Å². The van der Waals surface area contributed by atoms with E-state index < -0.39 is 9.84 Å². The van der Waals surface area contributed by atoms with Gasteiger partial charge in [0.15, 0.2) is 0 Å². The van der Waals surface area contributed by atoms with E-state index in [1.165, 1.54) is 12.3 Å².